The number of likely N-dealkylation sites (tertiary alicyclic amines) is 1. The van der Waals surface area contributed by atoms with Gasteiger partial charge >= 0.3 is 0 Å². The van der Waals surface area contributed by atoms with Crippen LogP contribution in [0.4, 0.5) is 0 Å². The van der Waals surface area contributed by atoms with Crippen LogP contribution in [0, 0.1) is 6.92 Å². The molecule has 2 N–H and O–H groups in total. The van der Waals surface area contributed by atoms with E-state index in [0.717, 1.165) is 74.2 Å². The number of aromatic nitrogens is 1. The molecule has 3 aromatic rings. The molecule has 6 nitrogen and oxygen atoms in total. The highest BCUT2D eigenvalue weighted by Crippen LogP contribution is 2.30. The minimum atomic E-state index is -0.0378. The van der Waals surface area contributed by atoms with Crippen LogP contribution in [0.3, 0.4) is 0 Å². The van der Waals surface area contributed by atoms with Gasteiger partial charge in [0.2, 0.25) is 0 Å². The molecule has 6 heteroatoms. The van der Waals surface area contributed by atoms with Crippen molar-refractivity contribution >= 4 is 16.8 Å². The first kappa shape index (κ1) is 23.2. The summed E-state index contributed by atoms with van der Waals surface area (Å²) in [6, 6.07) is 15.4. The summed E-state index contributed by atoms with van der Waals surface area (Å²) in [6.45, 7) is 8.50. The number of amides is 1. The number of carbonyl (C=O) groups excluding carboxylic acids is 1. The highest BCUT2D eigenvalue weighted by Gasteiger charge is 2.25. The number of phenolic OH excluding ortho intramolecular Hbond substituents is 1. The molecule has 0 saturated carbocycles. The molecule has 1 aromatic heterocycles. The van der Waals surface area contributed by atoms with Gasteiger partial charge in [-0.15, -0.1) is 0 Å². The zero-order valence-electron chi connectivity index (χ0n) is 19.7. The van der Waals surface area contributed by atoms with Crippen LogP contribution < -0.4 is 10.1 Å². The summed E-state index contributed by atoms with van der Waals surface area (Å²) in [5.74, 6) is 1.05. The number of fused-ring (bicyclic) bond motifs is 1. The standard InChI is InChI=1S/C27H35N3O3/c1-3-4-14-30-20(2)26(24-19-22(31)10-11-25(24)30)27(32)28-21-12-15-29(16-13-21)17-18-33-23-8-6-5-7-9-23/h5-11,19,21,31H,3-4,12-18H2,1-2H3,(H,28,32). The molecule has 2 heterocycles. The van der Waals surface area contributed by atoms with Crippen molar-refractivity contribution < 1.29 is 14.6 Å². The fourth-order valence-electron chi connectivity index (χ4n) is 4.73. The first-order chi connectivity index (χ1) is 16.1. The van der Waals surface area contributed by atoms with E-state index < -0.39 is 0 Å². The van der Waals surface area contributed by atoms with Crippen LogP contribution in [0.25, 0.3) is 10.9 Å². The Morgan fingerprint density at radius 2 is 1.88 bits per heavy atom. The highest BCUT2D eigenvalue weighted by molar-refractivity contribution is 6.08. The maximum atomic E-state index is 13.3. The quantitative estimate of drug-likeness (QED) is 0.496. The lowest BCUT2D eigenvalue weighted by Crippen LogP contribution is -2.45. The number of piperidine rings is 1. The molecule has 2 aromatic carbocycles. The number of carbonyl (C=O) groups is 1. The van der Waals surface area contributed by atoms with Crippen LogP contribution in [0.5, 0.6) is 11.5 Å². The number of aromatic hydroxyl groups is 1. The summed E-state index contributed by atoms with van der Waals surface area (Å²) in [7, 11) is 0. The van der Waals surface area contributed by atoms with Gasteiger partial charge in [-0.25, -0.2) is 0 Å². The number of para-hydroxylation sites is 1. The number of hydrogen-bond donors (Lipinski definition) is 2. The molecule has 1 fully saturated rings. The zero-order chi connectivity index (χ0) is 23.2. The SMILES string of the molecule is CCCCn1c(C)c(C(=O)NC2CCN(CCOc3ccccc3)CC2)c2cc(O)ccc21. The van der Waals surface area contributed by atoms with Crippen molar-refractivity contribution in [1.82, 2.24) is 14.8 Å². The largest absolute Gasteiger partial charge is 0.508 e. The van der Waals surface area contributed by atoms with Crippen LogP contribution in [0.1, 0.15) is 48.7 Å². The second-order valence-electron chi connectivity index (χ2n) is 8.92. The first-order valence-corrected chi connectivity index (χ1v) is 12.1. The summed E-state index contributed by atoms with van der Waals surface area (Å²) in [5, 5.41) is 14.1. The number of ether oxygens (including phenoxy) is 1. The van der Waals surface area contributed by atoms with Crippen LogP contribution in [-0.4, -0.2) is 52.8 Å². The maximum absolute atomic E-state index is 13.3. The van der Waals surface area contributed by atoms with Crippen LogP contribution in [-0.2, 0) is 6.54 Å². The number of benzene rings is 2. The minimum absolute atomic E-state index is 0.0378. The second kappa shape index (κ2) is 10.8. The Labute approximate surface area is 196 Å². The van der Waals surface area contributed by atoms with Crippen LogP contribution >= 0.6 is 0 Å². The van der Waals surface area contributed by atoms with E-state index in [1.54, 1.807) is 12.1 Å². The lowest BCUT2D eigenvalue weighted by molar-refractivity contribution is 0.0906. The molecular weight excluding hydrogens is 414 g/mol. The first-order valence-electron chi connectivity index (χ1n) is 12.1. The van der Waals surface area contributed by atoms with Crippen LogP contribution in [0.15, 0.2) is 48.5 Å². The Kier molecular flexibility index (Phi) is 7.55. The van der Waals surface area contributed by atoms with Gasteiger partial charge in [0.05, 0.1) is 5.56 Å². The molecule has 1 aliphatic heterocycles. The van der Waals surface area contributed by atoms with Crippen molar-refractivity contribution in [2.45, 2.75) is 52.1 Å². The molecule has 0 aliphatic carbocycles. The van der Waals surface area contributed by atoms with Gasteiger partial charge in [0, 0.05) is 48.8 Å². The molecule has 0 bridgehead atoms. The number of hydrogen-bond acceptors (Lipinski definition) is 4. The van der Waals surface area contributed by atoms with Crippen molar-refractivity contribution in [3.63, 3.8) is 0 Å². The number of aryl methyl sites for hydroxylation is 1. The molecule has 0 spiro atoms. The molecule has 0 unspecified atom stereocenters. The van der Waals surface area contributed by atoms with Crippen molar-refractivity contribution in [1.29, 1.82) is 0 Å². The average molecular weight is 450 g/mol. The molecule has 1 amide bonds. The van der Waals surface area contributed by atoms with Gasteiger partial charge in [0.15, 0.2) is 0 Å². The van der Waals surface area contributed by atoms with Gasteiger partial charge in [-0.2, -0.15) is 0 Å². The molecule has 0 radical (unpaired) electrons. The number of unbranched alkanes of at least 4 members (excludes halogenated alkanes) is 1. The van der Waals surface area contributed by atoms with Crippen molar-refractivity contribution in [2.75, 3.05) is 26.2 Å². The normalized spacial score (nSPS) is 15.1. The van der Waals surface area contributed by atoms with Gasteiger partial charge in [0.25, 0.3) is 5.91 Å². The summed E-state index contributed by atoms with van der Waals surface area (Å²) < 4.78 is 8.03. The Morgan fingerprint density at radius 3 is 2.61 bits per heavy atom. The zero-order valence-corrected chi connectivity index (χ0v) is 19.7. The molecular formula is C27H35N3O3. The molecule has 1 aliphatic rings. The van der Waals surface area contributed by atoms with E-state index in [2.05, 4.69) is 21.7 Å². The van der Waals surface area contributed by atoms with E-state index in [9.17, 15) is 9.90 Å². The van der Waals surface area contributed by atoms with E-state index in [4.69, 9.17) is 4.74 Å². The van der Waals surface area contributed by atoms with Crippen LogP contribution in [0.2, 0.25) is 0 Å². The Balaban J connectivity index is 1.35. The predicted molar refractivity (Wildman–Crippen MR) is 132 cm³/mol. The average Bonchev–Trinajstić information content (AvgIpc) is 3.09. The Bertz CT molecular complexity index is 1070. The van der Waals surface area contributed by atoms with Gasteiger partial charge in [0.1, 0.15) is 18.1 Å². The number of nitrogens with one attached hydrogen (secondary N) is 1. The van der Waals surface area contributed by atoms with E-state index in [1.807, 2.05) is 43.3 Å². The Morgan fingerprint density at radius 1 is 1.12 bits per heavy atom. The maximum Gasteiger partial charge on any atom is 0.253 e. The molecule has 176 valence electrons. The van der Waals surface area contributed by atoms with Gasteiger partial charge in [-0.05, 0) is 56.5 Å². The van der Waals surface area contributed by atoms with Gasteiger partial charge < -0.3 is 19.7 Å². The summed E-state index contributed by atoms with van der Waals surface area (Å²) in [5.41, 5.74) is 2.67. The highest BCUT2D eigenvalue weighted by atomic mass is 16.5. The topological polar surface area (TPSA) is 66.7 Å². The lowest BCUT2D eigenvalue weighted by Gasteiger charge is -2.32. The molecule has 1 saturated heterocycles. The monoisotopic (exact) mass is 449 g/mol. The third-order valence-electron chi connectivity index (χ3n) is 6.61. The predicted octanol–water partition coefficient (Wildman–Crippen LogP) is 4.73. The lowest BCUT2D eigenvalue weighted by atomic mass is 10.0. The van der Waals surface area contributed by atoms with Crippen molar-refractivity contribution in [2.24, 2.45) is 0 Å². The minimum Gasteiger partial charge on any atom is -0.508 e. The number of rotatable bonds is 9. The van der Waals surface area contributed by atoms with Gasteiger partial charge in [-0.3, -0.25) is 9.69 Å². The van der Waals surface area contributed by atoms with Crippen molar-refractivity contribution in [3.05, 3.63) is 59.8 Å². The third kappa shape index (κ3) is 5.50. The van der Waals surface area contributed by atoms with E-state index in [-0.39, 0.29) is 17.7 Å². The third-order valence-corrected chi connectivity index (χ3v) is 6.61. The smallest absolute Gasteiger partial charge is 0.253 e. The summed E-state index contributed by atoms with van der Waals surface area (Å²) in [4.78, 5) is 15.7. The molecule has 33 heavy (non-hydrogen) atoms. The molecule has 0 atom stereocenters. The van der Waals surface area contributed by atoms with Gasteiger partial charge in [-0.1, -0.05) is 31.5 Å². The fourth-order valence-corrected chi connectivity index (χ4v) is 4.73. The number of phenols is 1. The second-order valence-corrected chi connectivity index (χ2v) is 8.92. The van der Waals surface area contributed by atoms with E-state index in [1.165, 1.54) is 0 Å². The van der Waals surface area contributed by atoms with E-state index in [0.29, 0.717) is 12.2 Å². The van der Waals surface area contributed by atoms with E-state index >= 15 is 0 Å². The summed E-state index contributed by atoms with van der Waals surface area (Å²) >= 11 is 0. The van der Waals surface area contributed by atoms with Crippen molar-refractivity contribution in [3.8, 4) is 11.5 Å². The summed E-state index contributed by atoms with van der Waals surface area (Å²) in [6.07, 6.45) is 4.00. The molecule has 4 rings (SSSR count). The fraction of sp³-hybridized carbons (Fsp3) is 0.444. The Hall–Kier alpha value is -2.99. The number of nitrogens with zero attached hydrogens (tertiary/aromatic N) is 2.